The molecule has 0 aliphatic carbocycles. The average Bonchev–Trinajstić information content (AvgIpc) is 3.72. The first kappa shape index (κ1) is 43.6. The van der Waals surface area contributed by atoms with Gasteiger partial charge in [0.1, 0.15) is 23.0 Å². The summed E-state index contributed by atoms with van der Waals surface area (Å²) in [5.41, 5.74) is -9.75. The molecule has 0 unspecified atom stereocenters. The Labute approximate surface area is 349 Å². The fraction of sp³-hybridized carbons (Fsp3) is 0.0769. The van der Waals surface area contributed by atoms with E-state index in [0.717, 1.165) is 33.3 Å². The maximum atomic E-state index is 12.8. The Balaban J connectivity index is 0.000000206. The molecule has 0 aliphatic heterocycles. The number of alkyl halides is 8. The van der Waals surface area contributed by atoms with Crippen molar-refractivity contribution in [3.63, 3.8) is 0 Å². The van der Waals surface area contributed by atoms with Crippen LogP contribution in [0, 0.1) is 0 Å². The lowest BCUT2D eigenvalue weighted by Crippen LogP contribution is -2.29. The third-order valence-electron chi connectivity index (χ3n) is 8.19. The van der Waals surface area contributed by atoms with Crippen molar-refractivity contribution in [2.75, 3.05) is 5.34 Å². The van der Waals surface area contributed by atoms with Gasteiger partial charge in [0, 0.05) is 52.5 Å². The number of phenolic OH excluding ortho intramolecular Hbond substituents is 2. The van der Waals surface area contributed by atoms with Gasteiger partial charge >= 0.3 is 31.3 Å². The van der Waals surface area contributed by atoms with Gasteiger partial charge in [-0.25, -0.2) is 0 Å². The summed E-state index contributed by atoms with van der Waals surface area (Å²) >= 11 is 12.5. The van der Waals surface area contributed by atoms with Crippen LogP contribution < -0.4 is 8.37 Å². The zero-order chi connectivity index (χ0) is 42.9. The van der Waals surface area contributed by atoms with Gasteiger partial charge in [-0.2, -0.15) is 43.2 Å². The molecule has 2 N–H and O–H groups in total. The number of phenols is 2. The molecule has 0 radical (unpaired) electrons. The summed E-state index contributed by atoms with van der Waals surface area (Å²) in [5.74, 6) is -2.07. The molecule has 0 saturated carbocycles. The lowest BCUT2D eigenvalue weighted by Gasteiger charge is -2.14. The van der Waals surface area contributed by atoms with E-state index in [4.69, 9.17) is 23.2 Å². The molecule has 2 heterocycles. The molecule has 8 aromatic rings. The highest BCUT2D eigenvalue weighted by Gasteiger charge is 2.50. The molecular weight excluding hydrogens is 910 g/mol. The Bertz CT molecular complexity index is 2970. The standard InChI is InChI=1S/C20H10F6O6S3.C18H12O2S.CH2Cl2/c21-19(22,23)34(27,28)31-12-8-11(9-13(10-12)32-35(29,30)20(24,25)26)14-5-3-6-16-15-4-1-2-7-17(15)33-18(14)16;19-12-8-11(9-13(20)10-12)14-5-3-6-16-15-4-1-2-7-17(15)21-18(14)16;2-1-3/h1-10H;1-10,19-20H;1H2. The molecule has 8 nitrogen and oxygen atoms in total. The summed E-state index contributed by atoms with van der Waals surface area (Å²) in [6.45, 7) is 0. The summed E-state index contributed by atoms with van der Waals surface area (Å²) in [4.78, 5) is 0. The van der Waals surface area contributed by atoms with E-state index in [1.807, 2.05) is 24.3 Å². The van der Waals surface area contributed by atoms with E-state index in [2.05, 4.69) is 26.6 Å². The fourth-order valence-corrected chi connectivity index (χ4v) is 9.24. The van der Waals surface area contributed by atoms with E-state index < -0.39 is 42.8 Å². The largest absolute Gasteiger partial charge is 0.534 e. The van der Waals surface area contributed by atoms with E-state index >= 15 is 0 Å². The van der Waals surface area contributed by atoms with E-state index in [1.165, 1.54) is 43.6 Å². The fourth-order valence-electron chi connectivity index (χ4n) is 5.87. The number of rotatable bonds is 6. The van der Waals surface area contributed by atoms with Gasteiger partial charge in [-0.05, 0) is 58.7 Å². The van der Waals surface area contributed by atoms with Crippen LogP contribution in [0.15, 0.2) is 121 Å². The quantitative estimate of drug-likeness (QED) is 0.0730. The number of fused-ring (bicyclic) bond motifs is 6. The Morgan fingerprint density at radius 1 is 0.508 bits per heavy atom. The summed E-state index contributed by atoms with van der Waals surface area (Å²) < 4.78 is 135. The minimum Gasteiger partial charge on any atom is -0.508 e. The highest BCUT2D eigenvalue weighted by molar-refractivity contribution is 7.88. The first-order valence-corrected chi connectivity index (χ1v) is 21.9. The minimum atomic E-state index is -6.23. The van der Waals surface area contributed by atoms with Gasteiger partial charge < -0.3 is 18.6 Å². The SMILES string of the molecule is ClCCl.O=S(=O)(Oc1cc(OS(=O)(=O)C(F)(F)F)cc(-c2cccc3c2sc2ccccc23)c1)C(F)(F)F.Oc1cc(O)cc(-c2cccc3c2sc2ccccc23)c1. The monoisotopic (exact) mass is 932 g/mol. The lowest BCUT2D eigenvalue weighted by molar-refractivity contribution is -0.0502. The Hall–Kier alpha value is -4.98. The number of aromatic hydroxyl groups is 2. The van der Waals surface area contributed by atoms with Crippen molar-refractivity contribution >= 4 is 106 Å². The highest BCUT2D eigenvalue weighted by Crippen LogP contribution is 2.44. The minimum absolute atomic E-state index is 0.0723. The van der Waals surface area contributed by atoms with E-state index in [9.17, 15) is 53.4 Å². The van der Waals surface area contributed by atoms with Crippen LogP contribution >= 0.6 is 45.9 Å². The van der Waals surface area contributed by atoms with Crippen LogP contribution in [0.3, 0.4) is 0 Å². The van der Waals surface area contributed by atoms with Crippen LogP contribution in [0.25, 0.3) is 62.6 Å². The van der Waals surface area contributed by atoms with Gasteiger partial charge in [-0.15, -0.1) is 45.9 Å². The Morgan fingerprint density at radius 2 is 0.864 bits per heavy atom. The Morgan fingerprint density at radius 3 is 1.25 bits per heavy atom. The molecule has 20 heteroatoms. The molecule has 6 aromatic carbocycles. The Kier molecular flexibility index (Phi) is 12.5. The number of hydrogen-bond acceptors (Lipinski definition) is 10. The van der Waals surface area contributed by atoms with Crippen LogP contribution in [0.5, 0.6) is 23.0 Å². The normalized spacial score (nSPS) is 12.2. The predicted molar refractivity (Wildman–Crippen MR) is 221 cm³/mol. The van der Waals surface area contributed by atoms with Gasteiger partial charge in [0.2, 0.25) is 0 Å². The summed E-state index contributed by atoms with van der Waals surface area (Å²) in [6.07, 6.45) is 0. The molecular formula is C39H24Cl2F6O8S4. The molecule has 0 saturated heterocycles. The second-order valence-electron chi connectivity index (χ2n) is 12.1. The molecule has 0 bridgehead atoms. The second-order valence-corrected chi connectivity index (χ2v) is 18.0. The molecule has 0 fully saturated rings. The highest BCUT2D eigenvalue weighted by atomic mass is 35.5. The third-order valence-corrected chi connectivity index (χ3v) is 12.6. The van der Waals surface area contributed by atoms with Crippen LogP contribution in [-0.2, 0) is 20.2 Å². The first-order valence-electron chi connectivity index (χ1n) is 16.4. The topological polar surface area (TPSA) is 127 Å². The van der Waals surface area contributed by atoms with Gasteiger partial charge in [-0.3, -0.25) is 0 Å². The third kappa shape index (κ3) is 9.42. The molecule has 59 heavy (non-hydrogen) atoms. The molecule has 8 rings (SSSR count). The summed E-state index contributed by atoms with van der Waals surface area (Å²) in [5, 5.41) is 23.6. The van der Waals surface area contributed by atoms with Crippen molar-refractivity contribution < 1.29 is 61.8 Å². The zero-order valence-corrected chi connectivity index (χ0v) is 34.0. The molecule has 0 atom stereocenters. The van der Waals surface area contributed by atoms with Crippen molar-refractivity contribution in [3.8, 4) is 45.3 Å². The predicted octanol–water partition coefficient (Wildman–Crippen LogP) is 12.7. The van der Waals surface area contributed by atoms with Crippen LogP contribution in [-0.4, -0.2) is 43.4 Å². The van der Waals surface area contributed by atoms with Crippen LogP contribution in [0.1, 0.15) is 0 Å². The van der Waals surface area contributed by atoms with E-state index in [-0.39, 0.29) is 28.0 Å². The first-order chi connectivity index (χ1) is 27.7. The van der Waals surface area contributed by atoms with Gasteiger partial charge in [0.25, 0.3) is 0 Å². The van der Waals surface area contributed by atoms with Gasteiger partial charge in [0.15, 0.2) is 0 Å². The molecule has 0 spiro atoms. The second kappa shape index (κ2) is 16.9. The number of thiophene rings is 2. The molecule has 0 aliphatic rings. The van der Waals surface area contributed by atoms with Gasteiger partial charge in [-0.1, -0.05) is 72.8 Å². The summed E-state index contributed by atoms with van der Waals surface area (Å²) in [7, 11) is -12.5. The molecule has 0 amide bonds. The van der Waals surface area contributed by atoms with Crippen molar-refractivity contribution in [3.05, 3.63) is 121 Å². The van der Waals surface area contributed by atoms with Gasteiger partial charge in [0.05, 0.1) is 5.34 Å². The maximum absolute atomic E-state index is 12.8. The number of halogens is 8. The van der Waals surface area contributed by atoms with E-state index in [1.54, 1.807) is 59.9 Å². The average molecular weight is 934 g/mol. The maximum Gasteiger partial charge on any atom is 0.534 e. The van der Waals surface area contributed by atoms with Crippen molar-refractivity contribution in [1.29, 1.82) is 0 Å². The van der Waals surface area contributed by atoms with Crippen LogP contribution in [0.2, 0.25) is 0 Å². The zero-order valence-electron chi connectivity index (χ0n) is 29.3. The molecule has 2 aromatic heterocycles. The van der Waals surface area contributed by atoms with Crippen molar-refractivity contribution in [2.24, 2.45) is 0 Å². The van der Waals surface area contributed by atoms with E-state index in [0.29, 0.717) is 16.2 Å². The lowest BCUT2D eigenvalue weighted by atomic mass is 10.0. The smallest absolute Gasteiger partial charge is 0.508 e. The van der Waals surface area contributed by atoms with Crippen molar-refractivity contribution in [1.82, 2.24) is 0 Å². The molecule has 308 valence electrons. The number of benzene rings is 6. The van der Waals surface area contributed by atoms with Crippen LogP contribution in [0.4, 0.5) is 26.3 Å². The summed E-state index contributed by atoms with van der Waals surface area (Å²) in [6, 6.07) is 33.0. The number of hydrogen-bond donors (Lipinski definition) is 2. The van der Waals surface area contributed by atoms with Crippen molar-refractivity contribution in [2.45, 2.75) is 11.0 Å².